The predicted octanol–water partition coefficient (Wildman–Crippen LogP) is 1.19. The monoisotopic (exact) mass is 164 g/mol. The fraction of sp³-hybridized carbons (Fsp3) is 0.200. The molecule has 5 heteroatoms. The summed E-state index contributed by atoms with van der Waals surface area (Å²) in [6.07, 6.45) is 2.28. The summed E-state index contributed by atoms with van der Waals surface area (Å²) in [5.74, 6) is 0. The molecule has 0 saturated carbocycles. The third kappa shape index (κ3) is 7.43. The second kappa shape index (κ2) is 3.56. The van der Waals surface area contributed by atoms with Crippen molar-refractivity contribution in [1.29, 1.82) is 0 Å². The van der Waals surface area contributed by atoms with Crippen LogP contribution in [-0.4, -0.2) is 9.79 Å². The van der Waals surface area contributed by atoms with Gasteiger partial charge in [-0.15, -0.1) is 0 Å². The zero-order valence-corrected chi connectivity index (χ0v) is 6.41. The Hall–Kier alpha value is -0.570. The average molecular weight is 164 g/mol. The van der Waals surface area contributed by atoms with E-state index >= 15 is 0 Å². The van der Waals surface area contributed by atoms with Gasteiger partial charge >= 0.3 is 7.82 Å². The number of phosphoric ester groups is 1. The van der Waals surface area contributed by atoms with E-state index in [0.717, 1.165) is 6.26 Å². The Morgan fingerprint density at radius 3 is 2.50 bits per heavy atom. The van der Waals surface area contributed by atoms with E-state index in [2.05, 4.69) is 11.1 Å². The maximum absolute atomic E-state index is 10.0. The van der Waals surface area contributed by atoms with Crippen molar-refractivity contribution in [3.05, 3.63) is 24.5 Å². The highest BCUT2D eigenvalue weighted by molar-refractivity contribution is 7.46. The van der Waals surface area contributed by atoms with Gasteiger partial charge in [0.05, 0.1) is 6.26 Å². The molecule has 0 fully saturated rings. The molecule has 4 nitrogen and oxygen atoms in total. The molecule has 0 aromatic rings. The lowest BCUT2D eigenvalue weighted by Crippen LogP contribution is -1.77. The van der Waals surface area contributed by atoms with Gasteiger partial charge in [0.2, 0.25) is 0 Å². The van der Waals surface area contributed by atoms with Crippen LogP contribution in [0.2, 0.25) is 0 Å². The number of phosphoric acid groups is 1. The van der Waals surface area contributed by atoms with Gasteiger partial charge in [-0.25, -0.2) is 4.57 Å². The number of allylic oxidation sites excluding steroid dienone is 2. The molecule has 0 rings (SSSR count). The minimum Gasteiger partial charge on any atom is -0.412 e. The molecule has 0 aliphatic rings. The molecule has 0 amide bonds. The van der Waals surface area contributed by atoms with E-state index in [1.807, 2.05) is 0 Å². The Labute approximate surface area is 59.1 Å². The molecule has 58 valence electrons. The van der Waals surface area contributed by atoms with E-state index in [9.17, 15) is 4.57 Å². The summed E-state index contributed by atoms with van der Waals surface area (Å²) in [4.78, 5) is 16.3. The lowest BCUT2D eigenvalue weighted by Gasteiger charge is -1.98. The summed E-state index contributed by atoms with van der Waals surface area (Å²) in [5, 5.41) is 0. The summed E-state index contributed by atoms with van der Waals surface area (Å²) in [6.45, 7) is 5.14. The molecule has 0 heterocycles. The van der Waals surface area contributed by atoms with Crippen LogP contribution in [-0.2, 0) is 9.09 Å². The smallest absolute Gasteiger partial charge is 0.412 e. The molecule has 0 aromatic carbocycles. The summed E-state index contributed by atoms with van der Waals surface area (Å²) < 4.78 is 14.0. The molecule has 2 N–H and O–H groups in total. The van der Waals surface area contributed by atoms with Gasteiger partial charge in [-0.1, -0.05) is 12.2 Å². The number of rotatable bonds is 3. The van der Waals surface area contributed by atoms with Crippen molar-refractivity contribution < 1.29 is 18.9 Å². The van der Waals surface area contributed by atoms with Gasteiger partial charge in [0.1, 0.15) is 0 Å². The fourth-order valence-corrected chi connectivity index (χ4v) is 0.445. The van der Waals surface area contributed by atoms with Crippen LogP contribution in [0.4, 0.5) is 0 Å². The lowest BCUT2D eigenvalue weighted by atomic mass is 10.4. The second-order valence-electron chi connectivity index (χ2n) is 1.75. The Morgan fingerprint density at radius 1 is 1.70 bits per heavy atom. The third-order valence-corrected chi connectivity index (χ3v) is 0.947. The Kier molecular flexibility index (Phi) is 3.36. The van der Waals surface area contributed by atoms with Crippen LogP contribution >= 0.6 is 7.82 Å². The largest absolute Gasteiger partial charge is 0.524 e. The van der Waals surface area contributed by atoms with Crippen molar-refractivity contribution in [2.24, 2.45) is 0 Å². The Morgan fingerprint density at radius 2 is 2.20 bits per heavy atom. The molecule has 0 aliphatic carbocycles. The van der Waals surface area contributed by atoms with E-state index in [1.165, 1.54) is 6.08 Å². The zero-order chi connectivity index (χ0) is 8.20. The van der Waals surface area contributed by atoms with Gasteiger partial charge in [0.25, 0.3) is 0 Å². The molecule has 0 atom stereocenters. The summed E-state index contributed by atoms with van der Waals surface area (Å²) >= 11 is 0. The van der Waals surface area contributed by atoms with E-state index in [1.54, 1.807) is 6.92 Å². The highest BCUT2D eigenvalue weighted by Gasteiger charge is 2.10. The molecule has 10 heavy (non-hydrogen) atoms. The molecule has 0 aromatic heterocycles. The van der Waals surface area contributed by atoms with Gasteiger partial charge < -0.3 is 4.52 Å². The molecule has 0 spiro atoms. The molecule has 0 unspecified atom stereocenters. The quantitative estimate of drug-likeness (QED) is 0.373. The van der Waals surface area contributed by atoms with Crippen LogP contribution in [0, 0.1) is 0 Å². The van der Waals surface area contributed by atoms with E-state index in [4.69, 9.17) is 9.79 Å². The first kappa shape index (κ1) is 9.43. The van der Waals surface area contributed by atoms with Gasteiger partial charge in [-0.05, 0) is 13.0 Å². The average Bonchev–Trinajstić information content (AvgIpc) is 1.59. The van der Waals surface area contributed by atoms with Gasteiger partial charge in [-0.2, -0.15) is 0 Å². The standard InChI is InChI=1S/C5H9O4P/c1-5(2)3-4-9-10(6,7)8/h3-4H,1H2,2H3,(H2,6,7,8). The van der Waals surface area contributed by atoms with E-state index in [0.29, 0.717) is 5.57 Å². The number of hydrogen-bond donors (Lipinski definition) is 2. The van der Waals surface area contributed by atoms with Crippen molar-refractivity contribution in [2.75, 3.05) is 0 Å². The summed E-state index contributed by atoms with van der Waals surface area (Å²) in [6, 6.07) is 0. The minimum atomic E-state index is -4.35. The van der Waals surface area contributed by atoms with Gasteiger partial charge in [0.15, 0.2) is 0 Å². The van der Waals surface area contributed by atoms with Crippen molar-refractivity contribution in [1.82, 2.24) is 0 Å². The topological polar surface area (TPSA) is 66.8 Å². The van der Waals surface area contributed by atoms with Crippen LogP contribution < -0.4 is 0 Å². The Balaban J connectivity index is 3.76. The highest BCUT2D eigenvalue weighted by Crippen LogP contribution is 2.35. The first-order valence-electron chi connectivity index (χ1n) is 2.48. The Bertz CT molecular complexity index is 190. The van der Waals surface area contributed by atoms with Crippen LogP contribution in [0.5, 0.6) is 0 Å². The zero-order valence-electron chi connectivity index (χ0n) is 5.52. The van der Waals surface area contributed by atoms with Crippen molar-refractivity contribution >= 4 is 7.82 Å². The molecule has 0 saturated heterocycles. The summed E-state index contributed by atoms with van der Waals surface area (Å²) in [7, 11) is -4.35. The molecular formula is C5H9O4P. The van der Waals surface area contributed by atoms with E-state index < -0.39 is 7.82 Å². The van der Waals surface area contributed by atoms with Crippen molar-refractivity contribution in [3.8, 4) is 0 Å². The maximum atomic E-state index is 10.0. The van der Waals surface area contributed by atoms with Crippen molar-refractivity contribution in [3.63, 3.8) is 0 Å². The number of hydrogen-bond acceptors (Lipinski definition) is 2. The van der Waals surface area contributed by atoms with Crippen LogP contribution in [0.15, 0.2) is 24.5 Å². The lowest BCUT2D eigenvalue weighted by molar-refractivity contribution is 0.258. The minimum absolute atomic E-state index is 0.661. The van der Waals surface area contributed by atoms with E-state index in [-0.39, 0.29) is 0 Å². The SMILES string of the molecule is C=C(C)C=COP(=O)(O)O. The maximum Gasteiger partial charge on any atom is 0.524 e. The third-order valence-electron chi connectivity index (χ3n) is 0.551. The molecule has 0 bridgehead atoms. The first-order valence-corrected chi connectivity index (χ1v) is 4.01. The first-order chi connectivity index (χ1) is 4.42. The summed E-state index contributed by atoms with van der Waals surface area (Å²) in [5.41, 5.74) is 0.661. The van der Waals surface area contributed by atoms with Gasteiger partial charge in [-0.3, -0.25) is 9.79 Å². The highest BCUT2D eigenvalue weighted by atomic mass is 31.2. The fourth-order valence-electron chi connectivity index (χ4n) is 0.226. The van der Waals surface area contributed by atoms with Crippen LogP contribution in [0.25, 0.3) is 0 Å². The molecule has 0 radical (unpaired) electrons. The molecular weight excluding hydrogens is 155 g/mol. The van der Waals surface area contributed by atoms with Gasteiger partial charge in [0, 0.05) is 0 Å². The molecule has 0 aliphatic heterocycles. The van der Waals surface area contributed by atoms with Crippen LogP contribution in [0.3, 0.4) is 0 Å². The second-order valence-corrected chi connectivity index (χ2v) is 2.94. The predicted molar refractivity (Wildman–Crippen MR) is 37.1 cm³/mol. The normalized spacial score (nSPS) is 11.9. The van der Waals surface area contributed by atoms with Crippen LogP contribution in [0.1, 0.15) is 6.92 Å². The van der Waals surface area contributed by atoms with Crippen molar-refractivity contribution in [2.45, 2.75) is 6.92 Å².